The van der Waals surface area contributed by atoms with Crippen molar-refractivity contribution in [2.45, 2.75) is 0 Å². The maximum atomic E-state index is 7.61. The molecule has 3 N–H and O–H groups in total. The number of ether oxygens (including phenoxy) is 1. The Kier molecular flexibility index (Phi) is 3.46. The molecule has 0 saturated carbocycles. The molecule has 21 heavy (non-hydrogen) atoms. The predicted octanol–water partition coefficient (Wildman–Crippen LogP) is 3.96. The molecule has 5 heteroatoms. The van der Waals surface area contributed by atoms with Crippen LogP contribution in [-0.2, 0) is 0 Å². The van der Waals surface area contributed by atoms with Gasteiger partial charge >= 0.3 is 0 Å². The van der Waals surface area contributed by atoms with E-state index in [1.165, 1.54) is 0 Å². The van der Waals surface area contributed by atoms with Crippen molar-refractivity contribution in [2.75, 3.05) is 0 Å². The summed E-state index contributed by atoms with van der Waals surface area (Å²) in [6.07, 6.45) is 1.71. The number of amidine groups is 1. The minimum atomic E-state index is -0.0742. The fraction of sp³-hybridized carbons (Fsp3) is 0. The van der Waals surface area contributed by atoms with Gasteiger partial charge in [-0.15, -0.1) is 0 Å². The topological polar surface area (TPSA) is 72.0 Å². The van der Waals surface area contributed by atoms with Crippen molar-refractivity contribution in [3.05, 3.63) is 65.3 Å². The zero-order valence-electron chi connectivity index (χ0n) is 11.0. The number of para-hydroxylation sites is 1. The summed E-state index contributed by atoms with van der Waals surface area (Å²) in [4.78, 5) is 4.33. The lowest BCUT2D eigenvalue weighted by atomic mass is 10.1. The van der Waals surface area contributed by atoms with E-state index >= 15 is 0 Å². The number of hydrogen-bond donors (Lipinski definition) is 2. The van der Waals surface area contributed by atoms with Gasteiger partial charge in [-0.3, -0.25) is 10.4 Å². The third kappa shape index (κ3) is 2.66. The maximum absolute atomic E-state index is 7.61. The molecule has 0 atom stereocenters. The Hall–Kier alpha value is -2.59. The first-order valence-corrected chi connectivity index (χ1v) is 6.68. The lowest BCUT2D eigenvalue weighted by Crippen LogP contribution is -2.12. The molecule has 0 aliphatic heterocycles. The Morgan fingerprint density at radius 1 is 1.10 bits per heavy atom. The van der Waals surface area contributed by atoms with Crippen molar-refractivity contribution >= 4 is 28.3 Å². The van der Waals surface area contributed by atoms with Crippen LogP contribution in [0.4, 0.5) is 0 Å². The van der Waals surface area contributed by atoms with Gasteiger partial charge in [-0.25, -0.2) is 0 Å². The second-order valence-corrected chi connectivity index (χ2v) is 4.92. The molecule has 0 saturated heterocycles. The van der Waals surface area contributed by atoms with Crippen molar-refractivity contribution in [2.24, 2.45) is 5.73 Å². The molecule has 104 valence electrons. The second kappa shape index (κ2) is 5.42. The van der Waals surface area contributed by atoms with Gasteiger partial charge in [-0.2, -0.15) is 0 Å². The molecule has 4 nitrogen and oxygen atoms in total. The molecule has 3 aromatic rings. The van der Waals surface area contributed by atoms with Gasteiger partial charge in [0.1, 0.15) is 17.1 Å². The van der Waals surface area contributed by atoms with Gasteiger partial charge in [0.25, 0.3) is 0 Å². The van der Waals surface area contributed by atoms with Gasteiger partial charge in [-0.1, -0.05) is 29.8 Å². The zero-order chi connectivity index (χ0) is 14.8. The molecule has 0 fully saturated rings. The Bertz CT molecular complexity index is 827. The number of rotatable bonds is 3. The summed E-state index contributed by atoms with van der Waals surface area (Å²) in [5.41, 5.74) is 6.81. The van der Waals surface area contributed by atoms with E-state index in [0.29, 0.717) is 22.1 Å². The minimum Gasteiger partial charge on any atom is -0.454 e. The van der Waals surface area contributed by atoms with Crippen LogP contribution in [-0.4, -0.2) is 10.8 Å². The molecule has 0 amide bonds. The Morgan fingerprint density at radius 2 is 1.90 bits per heavy atom. The summed E-state index contributed by atoms with van der Waals surface area (Å²) in [5.74, 6) is 0.959. The average molecular weight is 298 g/mol. The van der Waals surface area contributed by atoms with Gasteiger partial charge in [0.05, 0.1) is 5.56 Å². The smallest absolute Gasteiger partial charge is 0.153 e. The van der Waals surface area contributed by atoms with Crippen molar-refractivity contribution in [1.29, 1.82) is 5.41 Å². The van der Waals surface area contributed by atoms with Gasteiger partial charge in [0.2, 0.25) is 0 Å². The lowest BCUT2D eigenvalue weighted by molar-refractivity contribution is 0.486. The van der Waals surface area contributed by atoms with E-state index in [4.69, 9.17) is 27.5 Å². The van der Waals surface area contributed by atoms with Crippen LogP contribution in [0.5, 0.6) is 11.5 Å². The van der Waals surface area contributed by atoms with Crippen LogP contribution in [0.3, 0.4) is 0 Å². The zero-order valence-corrected chi connectivity index (χ0v) is 11.8. The standard InChI is InChI=1S/C16H12ClN3O/c17-11-6-7-12(16(18)19)14(9-11)21-13-5-1-3-10-4-2-8-20-15(10)13/h1-9H,(H3,18,19). The van der Waals surface area contributed by atoms with Gasteiger partial charge < -0.3 is 10.5 Å². The molecular weight excluding hydrogens is 286 g/mol. The quantitative estimate of drug-likeness (QED) is 0.567. The van der Waals surface area contributed by atoms with Crippen LogP contribution in [0.25, 0.3) is 10.9 Å². The van der Waals surface area contributed by atoms with Gasteiger partial charge in [-0.05, 0) is 24.3 Å². The minimum absolute atomic E-state index is 0.0742. The molecule has 1 heterocycles. The highest BCUT2D eigenvalue weighted by Crippen LogP contribution is 2.31. The largest absolute Gasteiger partial charge is 0.454 e. The molecule has 1 aromatic heterocycles. The number of aromatic nitrogens is 1. The highest BCUT2D eigenvalue weighted by molar-refractivity contribution is 6.30. The van der Waals surface area contributed by atoms with Gasteiger partial charge in [0, 0.05) is 22.7 Å². The number of benzene rings is 2. The van der Waals surface area contributed by atoms with E-state index in [-0.39, 0.29) is 5.84 Å². The first kappa shape index (κ1) is 13.4. The normalized spacial score (nSPS) is 10.5. The van der Waals surface area contributed by atoms with Crippen molar-refractivity contribution in [3.8, 4) is 11.5 Å². The van der Waals surface area contributed by atoms with Crippen LogP contribution >= 0.6 is 11.6 Å². The van der Waals surface area contributed by atoms with Crippen molar-refractivity contribution in [3.63, 3.8) is 0 Å². The predicted molar refractivity (Wildman–Crippen MR) is 84.3 cm³/mol. The highest BCUT2D eigenvalue weighted by atomic mass is 35.5. The first-order chi connectivity index (χ1) is 10.1. The number of nitrogens with two attached hydrogens (primary N) is 1. The summed E-state index contributed by atoms with van der Waals surface area (Å²) in [6.45, 7) is 0. The second-order valence-electron chi connectivity index (χ2n) is 4.49. The Labute approximate surface area is 126 Å². The van der Waals surface area contributed by atoms with Crippen LogP contribution in [0.15, 0.2) is 54.7 Å². The average Bonchev–Trinajstić information content (AvgIpc) is 2.47. The van der Waals surface area contributed by atoms with E-state index in [1.807, 2.05) is 30.3 Å². The Balaban J connectivity index is 2.11. The summed E-state index contributed by atoms with van der Waals surface area (Å²) >= 11 is 6.00. The monoisotopic (exact) mass is 297 g/mol. The molecule has 0 unspecified atom stereocenters. The number of nitrogens with one attached hydrogen (secondary N) is 1. The van der Waals surface area contributed by atoms with E-state index in [2.05, 4.69) is 4.98 Å². The van der Waals surface area contributed by atoms with E-state index < -0.39 is 0 Å². The van der Waals surface area contributed by atoms with E-state index in [1.54, 1.807) is 24.4 Å². The number of halogens is 1. The first-order valence-electron chi connectivity index (χ1n) is 6.31. The summed E-state index contributed by atoms with van der Waals surface area (Å²) in [5, 5.41) is 9.10. The van der Waals surface area contributed by atoms with Crippen LogP contribution in [0.2, 0.25) is 5.02 Å². The molecule has 0 spiro atoms. The molecule has 0 aliphatic carbocycles. The molecule has 3 rings (SSSR count). The molecule has 2 aromatic carbocycles. The van der Waals surface area contributed by atoms with Gasteiger partial charge in [0.15, 0.2) is 5.75 Å². The summed E-state index contributed by atoms with van der Waals surface area (Å²) in [7, 11) is 0. The maximum Gasteiger partial charge on any atom is 0.153 e. The number of nitrogens with zero attached hydrogens (tertiary/aromatic N) is 1. The number of fused-ring (bicyclic) bond motifs is 1. The highest BCUT2D eigenvalue weighted by Gasteiger charge is 2.11. The van der Waals surface area contributed by atoms with Crippen LogP contribution in [0, 0.1) is 5.41 Å². The fourth-order valence-corrected chi connectivity index (χ4v) is 2.24. The SMILES string of the molecule is N=C(N)c1ccc(Cl)cc1Oc1cccc2cccnc12. The fourth-order valence-electron chi connectivity index (χ4n) is 2.08. The molecule has 0 aliphatic rings. The van der Waals surface area contributed by atoms with E-state index in [9.17, 15) is 0 Å². The molecular formula is C16H12ClN3O. The number of hydrogen-bond acceptors (Lipinski definition) is 3. The molecule has 0 bridgehead atoms. The van der Waals surface area contributed by atoms with Crippen molar-refractivity contribution in [1.82, 2.24) is 4.98 Å². The summed E-state index contributed by atoms with van der Waals surface area (Å²) in [6, 6.07) is 14.5. The van der Waals surface area contributed by atoms with Crippen LogP contribution in [0.1, 0.15) is 5.56 Å². The summed E-state index contributed by atoms with van der Waals surface area (Å²) < 4.78 is 5.90. The third-order valence-electron chi connectivity index (χ3n) is 3.05. The Morgan fingerprint density at radius 3 is 2.71 bits per heavy atom. The number of nitrogen functional groups attached to an aromatic ring is 1. The van der Waals surface area contributed by atoms with Crippen molar-refractivity contribution < 1.29 is 4.74 Å². The third-order valence-corrected chi connectivity index (χ3v) is 3.28. The van der Waals surface area contributed by atoms with Crippen LogP contribution < -0.4 is 10.5 Å². The number of pyridine rings is 1. The molecule has 0 radical (unpaired) electrons. The van der Waals surface area contributed by atoms with E-state index in [0.717, 1.165) is 10.9 Å². The lowest BCUT2D eigenvalue weighted by Gasteiger charge is -2.12.